The molecule has 47 heavy (non-hydrogen) atoms. The fourth-order valence-corrected chi connectivity index (χ4v) is 6.21. The van der Waals surface area contributed by atoms with Crippen LogP contribution in [-0.4, -0.2) is 52.0 Å². The van der Waals surface area contributed by atoms with Crippen LogP contribution in [-0.2, 0) is 22.8 Å². The number of benzene rings is 3. The summed E-state index contributed by atoms with van der Waals surface area (Å²) in [6.45, 7) is 0.513. The SMILES string of the molecule is CO[C@H]1CC[C@H](NC/C=C/C(=O)Nc2ccc(C(=O)c3c[nH]c4c(-c5cc6ncn(C)c6cc5C(F)(F)F)cccc34)c(F)c2)CC1. The number of methoxy groups -OCH3 is 1. The van der Waals surface area contributed by atoms with Gasteiger partial charge in [0.2, 0.25) is 5.91 Å². The minimum absolute atomic E-state index is 0.0937. The number of fused-ring (bicyclic) bond motifs is 2. The molecule has 244 valence electrons. The van der Waals surface area contributed by atoms with E-state index in [1.165, 1.54) is 47.4 Å². The highest BCUT2D eigenvalue weighted by Crippen LogP contribution is 2.41. The van der Waals surface area contributed by atoms with Gasteiger partial charge in [0.1, 0.15) is 5.82 Å². The van der Waals surface area contributed by atoms with Crippen molar-refractivity contribution >= 4 is 39.3 Å². The van der Waals surface area contributed by atoms with Crippen LogP contribution in [0.1, 0.15) is 47.2 Å². The predicted octanol–water partition coefficient (Wildman–Crippen LogP) is 7.15. The van der Waals surface area contributed by atoms with Crippen LogP contribution in [0.15, 0.2) is 73.2 Å². The number of aryl methyl sites for hydroxylation is 1. The third-order valence-corrected chi connectivity index (χ3v) is 8.70. The fraction of sp³-hybridized carbons (Fsp3) is 0.286. The number of ether oxygens (including phenoxy) is 1. The second kappa shape index (κ2) is 13.1. The monoisotopic (exact) mass is 647 g/mol. The van der Waals surface area contributed by atoms with Gasteiger partial charge in [0.15, 0.2) is 5.78 Å². The van der Waals surface area contributed by atoms with E-state index in [1.54, 1.807) is 32.4 Å². The van der Waals surface area contributed by atoms with E-state index < -0.39 is 29.2 Å². The number of para-hydroxylation sites is 1. The van der Waals surface area contributed by atoms with Crippen molar-refractivity contribution in [1.82, 2.24) is 19.9 Å². The summed E-state index contributed by atoms with van der Waals surface area (Å²) in [5.41, 5.74) is 0.312. The second-order valence-corrected chi connectivity index (χ2v) is 11.7. The number of anilines is 1. The maximum atomic E-state index is 15.2. The van der Waals surface area contributed by atoms with Crippen LogP contribution in [0.2, 0.25) is 0 Å². The first-order chi connectivity index (χ1) is 22.5. The van der Waals surface area contributed by atoms with Crippen molar-refractivity contribution in [2.75, 3.05) is 19.0 Å². The van der Waals surface area contributed by atoms with Crippen molar-refractivity contribution in [3.63, 3.8) is 0 Å². The molecule has 6 rings (SSSR count). The molecule has 0 unspecified atom stereocenters. The summed E-state index contributed by atoms with van der Waals surface area (Å²) in [5, 5.41) is 6.33. The number of nitrogens with one attached hydrogen (secondary N) is 3. The van der Waals surface area contributed by atoms with Gasteiger partial charge in [-0.15, -0.1) is 0 Å². The molecule has 8 nitrogen and oxygen atoms in total. The average molecular weight is 648 g/mol. The van der Waals surface area contributed by atoms with E-state index in [2.05, 4.69) is 20.6 Å². The van der Waals surface area contributed by atoms with Crippen LogP contribution in [0.5, 0.6) is 0 Å². The summed E-state index contributed by atoms with van der Waals surface area (Å²) in [7, 11) is 3.34. The molecule has 0 spiro atoms. The summed E-state index contributed by atoms with van der Waals surface area (Å²) < 4.78 is 64.8. The van der Waals surface area contributed by atoms with Crippen LogP contribution in [0, 0.1) is 5.82 Å². The summed E-state index contributed by atoms with van der Waals surface area (Å²) >= 11 is 0. The van der Waals surface area contributed by atoms with Gasteiger partial charge in [-0.2, -0.15) is 13.2 Å². The topological polar surface area (TPSA) is 101 Å². The molecular weight excluding hydrogens is 614 g/mol. The number of hydrogen-bond donors (Lipinski definition) is 3. The number of hydrogen-bond acceptors (Lipinski definition) is 5. The van der Waals surface area contributed by atoms with Crippen LogP contribution in [0.25, 0.3) is 33.1 Å². The fourth-order valence-electron chi connectivity index (χ4n) is 6.21. The molecule has 3 N–H and O–H groups in total. The molecule has 0 saturated heterocycles. The Kier molecular flexibility index (Phi) is 8.98. The molecule has 1 aliphatic carbocycles. The molecule has 0 atom stereocenters. The van der Waals surface area contributed by atoms with Gasteiger partial charge in [-0.1, -0.05) is 24.3 Å². The smallest absolute Gasteiger partial charge is 0.381 e. The number of aromatic amines is 1. The van der Waals surface area contributed by atoms with Crippen molar-refractivity contribution in [2.45, 2.75) is 44.0 Å². The van der Waals surface area contributed by atoms with E-state index >= 15 is 4.39 Å². The predicted molar refractivity (Wildman–Crippen MR) is 172 cm³/mol. The molecule has 3 aromatic carbocycles. The van der Waals surface area contributed by atoms with Gasteiger partial charge in [0, 0.05) is 61.2 Å². The number of carbonyl (C=O) groups is 2. The zero-order valence-electron chi connectivity index (χ0n) is 25.7. The molecule has 1 fully saturated rings. The lowest BCUT2D eigenvalue weighted by Crippen LogP contribution is -2.35. The van der Waals surface area contributed by atoms with E-state index in [4.69, 9.17) is 4.74 Å². The number of nitrogens with zero attached hydrogens (tertiary/aromatic N) is 2. The van der Waals surface area contributed by atoms with Crippen molar-refractivity contribution in [2.24, 2.45) is 7.05 Å². The number of halogens is 4. The van der Waals surface area contributed by atoms with Crippen molar-refractivity contribution in [1.29, 1.82) is 0 Å². The summed E-state index contributed by atoms with van der Waals surface area (Å²) in [6, 6.07) is 11.2. The zero-order chi connectivity index (χ0) is 33.3. The summed E-state index contributed by atoms with van der Waals surface area (Å²) in [5.74, 6) is -1.96. The first kappa shape index (κ1) is 32.1. The number of carbonyl (C=O) groups excluding carboxylic acids is 2. The maximum absolute atomic E-state index is 15.2. The lowest BCUT2D eigenvalue weighted by atomic mass is 9.93. The molecule has 2 aromatic heterocycles. The summed E-state index contributed by atoms with van der Waals surface area (Å²) in [4.78, 5) is 33.1. The van der Waals surface area contributed by atoms with E-state index in [0.29, 0.717) is 40.6 Å². The van der Waals surface area contributed by atoms with Crippen LogP contribution in [0.4, 0.5) is 23.2 Å². The van der Waals surface area contributed by atoms with E-state index in [-0.39, 0.29) is 27.9 Å². The second-order valence-electron chi connectivity index (χ2n) is 11.7. The third-order valence-electron chi connectivity index (χ3n) is 8.70. The largest absolute Gasteiger partial charge is 0.417 e. The normalized spacial score (nSPS) is 17.1. The Morgan fingerprint density at radius 1 is 1.06 bits per heavy atom. The van der Waals surface area contributed by atoms with E-state index in [9.17, 15) is 22.8 Å². The Morgan fingerprint density at radius 3 is 2.57 bits per heavy atom. The van der Waals surface area contributed by atoms with Gasteiger partial charge < -0.3 is 24.9 Å². The number of rotatable bonds is 9. The molecule has 1 saturated carbocycles. The lowest BCUT2D eigenvalue weighted by Gasteiger charge is -2.27. The Morgan fingerprint density at radius 2 is 1.85 bits per heavy atom. The number of amides is 1. The quantitative estimate of drug-likeness (QED) is 0.0897. The van der Waals surface area contributed by atoms with Crippen LogP contribution >= 0.6 is 0 Å². The first-order valence-electron chi connectivity index (χ1n) is 15.2. The van der Waals surface area contributed by atoms with Gasteiger partial charge in [-0.25, -0.2) is 9.37 Å². The number of alkyl halides is 3. The zero-order valence-corrected chi connectivity index (χ0v) is 25.7. The molecule has 0 aliphatic heterocycles. The molecule has 0 radical (unpaired) electrons. The number of aromatic nitrogens is 3. The summed E-state index contributed by atoms with van der Waals surface area (Å²) in [6.07, 6.45) is 5.52. The van der Waals surface area contributed by atoms with Crippen molar-refractivity contribution < 1.29 is 31.9 Å². The molecule has 5 aromatic rings. The Bertz CT molecular complexity index is 1990. The van der Waals surface area contributed by atoms with Crippen LogP contribution in [0.3, 0.4) is 0 Å². The highest BCUT2D eigenvalue weighted by molar-refractivity contribution is 6.18. The Hall–Kier alpha value is -4.81. The standard InChI is InChI=1S/C35H33F4N5O3/c1-44-19-42-30-16-26(28(17-31(30)44)35(37,38)39)23-5-3-6-24-27(18-41-33(23)24)34(46)25-13-10-21(15-29(25)36)43-32(45)7-4-14-40-20-8-11-22(47-2)12-9-20/h3-7,10,13,15-20,22,40-41H,8-9,11-12,14H2,1-2H3,(H,43,45)/b7-4+/t20-,22-. The first-order valence-corrected chi connectivity index (χ1v) is 15.2. The molecule has 2 heterocycles. The van der Waals surface area contributed by atoms with Crippen molar-refractivity contribution in [3.05, 3.63) is 95.7 Å². The molecule has 1 aliphatic rings. The minimum atomic E-state index is -4.65. The minimum Gasteiger partial charge on any atom is -0.381 e. The maximum Gasteiger partial charge on any atom is 0.417 e. The highest BCUT2D eigenvalue weighted by Gasteiger charge is 2.35. The molecule has 0 bridgehead atoms. The molecular formula is C35H33F4N5O3. The van der Waals surface area contributed by atoms with Gasteiger partial charge in [-0.05, 0) is 61.6 Å². The van der Waals surface area contributed by atoms with Gasteiger partial charge in [0.05, 0.1) is 40.1 Å². The number of ketones is 1. The molecule has 12 heteroatoms. The van der Waals surface area contributed by atoms with Gasteiger partial charge in [0.25, 0.3) is 0 Å². The van der Waals surface area contributed by atoms with Gasteiger partial charge >= 0.3 is 6.18 Å². The number of imidazole rings is 1. The Balaban J connectivity index is 1.18. The molecule has 1 amide bonds. The van der Waals surface area contributed by atoms with Gasteiger partial charge in [-0.3, -0.25) is 9.59 Å². The Labute approximate surface area is 267 Å². The van der Waals surface area contributed by atoms with Crippen molar-refractivity contribution in [3.8, 4) is 11.1 Å². The van der Waals surface area contributed by atoms with E-state index in [0.717, 1.165) is 37.8 Å². The number of H-pyrrole nitrogens is 1. The van der Waals surface area contributed by atoms with Crippen LogP contribution < -0.4 is 10.6 Å². The van der Waals surface area contributed by atoms with E-state index in [1.807, 2.05) is 0 Å². The lowest BCUT2D eigenvalue weighted by molar-refractivity contribution is -0.137. The third kappa shape index (κ3) is 6.70. The average Bonchev–Trinajstić information content (AvgIpc) is 3.65. The highest BCUT2D eigenvalue weighted by atomic mass is 19.4.